The van der Waals surface area contributed by atoms with Crippen molar-refractivity contribution in [2.24, 2.45) is 0 Å². The first-order valence-electron chi connectivity index (χ1n) is 6.02. The van der Waals surface area contributed by atoms with E-state index in [0.717, 1.165) is 28.8 Å². The lowest BCUT2D eigenvalue weighted by Gasteiger charge is -1.97. The van der Waals surface area contributed by atoms with Gasteiger partial charge in [-0.3, -0.25) is 4.79 Å². The Morgan fingerprint density at radius 1 is 1.50 bits per heavy atom. The normalized spacial score (nSPS) is 11.2. The average Bonchev–Trinajstić information content (AvgIpc) is 2.67. The molecule has 0 bridgehead atoms. The van der Waals surface area contributed by atoms with E-state index >= 15 is 0 Å². The first-order valence-corrected chi connectivity index (χ1v) is 6.02. The molecular weight excluding hydrogens is 226 g/mol. The molecule has 1 amide bonds. The van der Waals surface area contributed by atoms with Crippen LogP contribution >= 0.6 is 0 Å². The third kappa shape index (κ3) is 3.20. The van der Waals surface area contributed by atoms with Gasteiger partial charge in [0.15, 0.2) is 0 Å². The van der Waals surface area contributed by atoms with E-state index in [0.29, 0.717) is 6.54 Å². The fourth-order valence-electron chi connectivity index (χ4n) is 1.81. The highest BCUT2D eigenvalue weighted by Gasteiger charge is 1.98. The molecule has 0 fully saturated rings. The Labute approximate surface area is 106 Å². The van der Waals surface area contributed by atoms with E-state index in [9.17, 15) is 4.79 Å². The van der Waals surface area contributed by atoms with E-state index in [4.69, 9.17) is 0 Å². The lowest BCUT2D eigenvalue weighted by molar-refractivity contribution is -0.118. The van der Waals surface area contributed by atoms with Gasteiger partial charge in [-0.15, -0.1) is 0 Å². The second-order valence-corrected chi connectivity index (χ2v) is 4.27. The highest BCUT2D eigenvalue weighted by atomic mass is 16.1. The number of benzene rings is 1. The maximum Gasteiger partial charge on any atom is 0.216 e. The highest BCUT2D eigenvalue weighted by molar-refractivity contribution is 5.78. The average molecular weight is 243 g/mol. The van der Waals surface area contributed by atoms with Gasteiger partial charge in [-0.25, -0.2) is 4.98 Å². The van der Waals surface area contributed by atoms with Gasteiger partial charge in [0.1, 0.15) is 5.82 Å². The first-order chi connectivity index (χ1) is 8.65. The van der Waals surface area contributed by atoms with Crippen molar-refractivity contribution >= 4 is 23.0 Å². The van der Waals surface area contributed by atoms with Crippen LogP contribution < -0.4 is 5.32 Å². The number of imidazole rings is 1. The predicted molar refractivity (Wildman–Crippen MR) is 73.2 cm³/mol. The molecule has 0 aliphatic carbocycles. The molecular formula is C14H17N3O. The number of H-pyrrole nitrogens is 1. The summed E-state index contributed by atoms with van der Waals surface area (Å²) in [5, 5.41) is 2.76. The van der Waals surface area contributed by atoms with Crippen molar-refractivity contribution in [2.45, 2.75) is 20.3 Å². The zero-order valence-corrected chi connectivity index (χ0v) is 10.7. The van der Waals surface area contributed by atoms with Crippen LogP contribution in [0.3, 0.4) is 0 Å². The summed E-state index contributed by atoms with van der Waals surface area (Å²) in [6.07, 6.45) is 4.94. The van der Waals surface area contributed by atoms with E-state index in [1.54, 1.807) is 0 Å². The first kappa shape index (κ1) is 12.4. The Bertz CT molecular complexity index is 584. The number of carbonyl (C=O) groups excluding carboxylic acids is 1. The Balaban J connectivity index is 1.98. The van der Waals surface area contributed by atoms with Crippen LogP contribution in [0.2, 0.25) is 0 Å². The van der Waals surface area contributed by atoms with Crippen molar-refractivity contribution in [3.63, 3.8) is 0 Å². The van der Waals surface area contributed by atoms with Crippen molar-refractivity contribution in [3.05, 3.63) is 35.7 Å². The highest BCUT2D eigenvalue weighted by Crippen LogP contribution is 2.14. The van der Waals surface area contributed by atoms with Gasteiger partial charge in [-0.1, -0.05) is 18.2 Å². The molecule has 0 unspecified atom stereocenters. The molecule has 1 heterocycles. The topological polar surface area (TPSA) is 57.8 Å². The smallest absolute Gasteiger partial charge is 0.216 e. The third-order valence-corrected chi connectivity index (χ3v) is 2.62. The van der Waals surface area contributed by atoms with Gasteiger partial charge in [0, 0.05) is 13.5 Å². The molecule has 1 aromatic heterocycles. The Morgan fingerprint density at radius 3 is 3.11 bits per heavy atom. The summed E-state index contributed by atoms with van der Waals surface area (Å²) in [7, 11) is 0. The number of aryl methyl sites for hydroxylation is 1. The number of amides is 1. The van der Waals surface area contributed by atoms with Gasteiger partial charge in [0.25, 0.3) is 0 Å². The summed E-state index contributed by atoms with van der Waals surface area (Å²) < 4.78 is 0. The van der Waals surface area contributed by atoms with Crippen molar-refractivity contribution in [3.8, 4) is 0 Å². The molecule has 2 aromatic rings. The minimum atomic E-state index is 0.0118. The number of nitrogens with one attached hydrogen (secondary N) is 2. The van der Waals surface area contributed by atoms with Crippen molar-refractivity contribution in [1.29, 1.82) is 0 Å². The molecule has 2 N–H and O–H groups in total. The fourth-order valence-corrected chi connectivity index (χ4v) is 1.81. The molecule has 4 heteroatoms. The standard InChI is InChI=1S/C14H17N3O/c1-10-16-13-7-6-12(9-14(13)17-10)5-3-4-8-15-11(2)18/h3,5-7,9H,4,8H2,1-2H3,(H,15,18)(H,16,17). The van der Waals surface area contributed by atoms with Crippen molar-refractivity contribution in [1.82, 2.24) is 15.3 Å². The van der Waals surface area contributed by atoms with Crippen LogP contribution in [0.15, 0.2) is 24.3 Å². The van der Waals surface area contributed by atoms with Gasteiger partial charge >= 0.3 is 0 Å². The van der Waals surface area contributed by atoms with E-state index in [-0.39, 0.29) is 5.91 Å². The van der Waals surface area contributed by atoms with Crippen LogP contribution in [0.5, 0.6) is 0 Å². The lowest BCUT2D eigenvalue weighted by Crippen LogP contribution is -2.20. The molecule has 0 atom stereocenters. The van der Waals surface area contributed by atoms with E-state index in [1.165, 1.54) is 6.92 Å². The zero-order chi connectivity index (χ0) is 13.0. The second-order valence-electron chi connectivity index (χ2n) is 4.27. The van der Waals surface area contributed by atoms with Crippen LogP contribution in [0, 0.1) is 6.92 Å². The van der Waals surface area contributed by atoms with Gasteiger partial charge in [-0.2, -0.15) is 0 Å². The number of carbonyl (C=O) groups is 1. The van der Waals surface area contributed by atoms with Gasteiger partial charge < -0.3 is 10.3 Å². The molecule has 1 aromatic carbocycles. The van der Waals surface area contributed by atoms with Crippen molar-refractivity contribution < 1.29 is 4.79 Å². The summed E-state index contributed by atoms with van der Waals surface area (Å²) in [5.74, 6) is 0.939. The van der Waals surface area contributed by atoms with Gasteiger partial charge in [0.05, 0.1) is 11.0 Å². The molecule has 0 aliphatic heterocycles. The molecule has 4 nitrogen and oxygen atoms in total. The van der Waals surface area contributed by atoms with E-state index in [2.05, 4.69) is 33.5 Å². The number of fused-ring (bicyclic) bond motifs is 1. The molecule has 0 aliphatic rings. The molecule has 0 saturated carbocycles. The van der Waals surface area contributed by atoms with Crippen LogP contribution in [-0.4, -0.2) is 22.4 Å². The molecule has 0 spiro atoms. The SMILES string of the molecule is CC(=O)NCCC=Cc1ccc2nc(C)[nH]c2c1. The summed E-state index contributed by atoms with van der Waals surface area (Å²) in [6.45, 7) is 4.15. The number of hydrogen-bond acceptors (Lipinski definition) is 2. The van der Waals surface area contributed by atoms with Crippen LogP contribution in [0.25, 0.3) is 17.1 Å². The van der Waals surface area contributed by atoms with E-state index < -0.39 is 0 Å². The lowest BCUT2D eigenvalue weighted by atomic mass is 10.2. The quantitative estimate of drug-likeness (QED) is 0.810. The van der Waals surface area contributed by atoms with Crippen LogP contribution in [0.1, 0.15) is 24.7 Å². The maximum absolute atomic E-state index is 10.7. The van der Waals surface area contributed by atoms with Gasteiger partial charge in [-0.05, 0) is 31.0 Å². The summed E-state index contributed by atoms with van der Waals surface area (Å²) >= 11 is 0. The molecule has 94 valence electrons. The van der Waals surface area contributed by atoms with Crippen LogP contribution in [-0.2, 0) is 4.79 Å². The third-order valence-electron chi connectivity index (χ3n) is 2.62. The fraction of sp³-hybridized carbons (Fsp3) is 0.286. The second kappa shape index (κ2) is 5.49. The van der Waals surface area contributed by atoms with Gasteiger partial charge in [0.2, 0.25) is 5.91 Å². The molecule has 0 radical (unpaired) electrons. The summed E-state index contributed by atoms with van der Waals surface area (Å²) in [6, 6.07) is 6.12. The Morgan fingerprint density at radius 2 is 2.33 bits per heavy atom. The van der Waals surface area contributed by atoms with E-state index in [1.807, 2.05) is 19.1 Å². The molecule has 18 heavy (non-hydrogen) atoms. The monoisotopic (exact) mass is 243 g/mol. The number of nitrogens with zero attached hydrogens (tertiary/aromatic N) is 1. The van der Waals surface area contributed by atoms with Crippen LogP contribution in [0.4, 0.5) is 0 Å². The number of rotatable bonds is 4. The Kier molecular flexibility index (Phi) is 3.77. The number of aromatic nitrogens is 2. The molecule has 0 saturated heterocycles. The summed E-state index contributed by atoms with van der Waals surface area (Å²) in [4.78, 5) is 18.2. The largest absolute Gasteiger partial charge is 0.356 e. The number of aromatic amines is 1. The maximum atomic E-state index is 10.7. The molecule has 2 rings (SSSR count). The zero-order valence-electron chi connectivity index (χ0n) is 10.7. The summed E-state index contributed by atoms with van der Waals surface area (Å²) in [5.41, 5.74) is 3.17. The minimum absolute atomic E-state index is 0.0118. The Hall–Kier alpha value is -2.10. The van der Waals surface area contributed by atoms with Crippen molar-refractivity contribution in [2.75, 3.05) is 6.54 Å². The number of hydrogen-bond donors (Lipinski definition) is 2. The minimum Gasteiger partial charge on any atom is -0.356 e. The predicted octanol–water partition coefficient (Wildman–Crippen LogP) is 2.41.